The summed E-state index contributed by atoms with van der Waals surface area (Å²) in [5.74, 6) is 1.39. The van der Waals surface area contributed by atoms with Crippen LogP contribution < -0.4 is 10.1 Å². The minimum atomic E-state index is 0.199. The number of benzene rings is 1. The predicted molar refractivity (Wildman–Crippen MR) is 69.9 cm³/mol. The van der Waals surface area contributed by atoms with Crippen molar-refractivity contribution in [3.05, 3.63) is 23.8 Å². The molecule has 4 heteroatoms. The first kappa shape index (κ1) is 13.2. The number of phenolic OH excluding ortho intramolecular Hbond substituents is 1. The summed E-state index contributed by atoms with van der Waals surface area (Å²) < 4.78 is 10.7. The molecular formula is C14H21NO3. The Kier molecular flexibility index (Phi) is 4.84. The number of phenols is 1. The molecule has 2 N–H and O–H groups in total. The summed E-state index contributed by atoms with van der Waals surface area (Å²) in [6, 6.07) is 5.48. The van der Waals surface area contributed by atoms with E-state index in [9.17, 15) is 5.11 Å². The largest absolute Gasteiger partial charge is 0.504 e. The van der Waals surface area contributed by atoms with Crippen molar-refractivity contribution in [3.63, 3.8) is 0 Å². The summed E-state index contributed by atoms with van der Waals surface area (Å²) in [5, 5.41) is 13.0. The van der Waals surface area contributed by atoms with Gasteiger partial charge in [-0.1, -0.05) is 6.07 Å². The molecule has 1 unspecified atom stereocenters. The van der Waals surface area contributed by atoms with Crippen LogP contribution in [0.15, 0.2) is 18.2 Å². The highest BCUT2D eigenvalue weighted by molar-refractivity contribution is 5.41. The van der Waals surface area contributed by atoms with Gasteiger partial charge in [0.1, 0.15) is 0 Å². The third-order valence-corrected chi connectivity index (χ3v) is 3.11. The second-order valence-electron chi connectivity index (χ2n) is 4.60. The lowest BCUT2D eigenvalue weighted by atomic mass is 10.1. The third-order valence-electron chi connectivity index (χ3n) is 3.11. The summed E-state index contributed by atoms with van der Waals surface area (Å²) in [5.41, 5.74) is 1.12. The van der Waals surface area contributed by atoms with Crippen LogP contribution in [0, 0.1) is 5.92 Å². The van der Waals surface area contributed by atoms with Crippen molar-refractivity contribution in [2.24, 2.45) is 5.92 Å². The lowest BCUT2D eigenvalue weighted by Crippen LogP contribution is -2.22. The quantitative estimate of drug-likeness (QED) is 0.811. The number of ether oxygens (including phenoxy) is 2. The molecule has 100 valence electrons. The van der Waals surface area contributed by atoms with Crippen LogP contribution >= 0.6 is 0 Å². The normalized spacial score (nSPS) is 19.1. The smallest absolute Gasteiger partial charge is 0.161 e. The maximum Gasteiger partial charge on any atom is 0.161 e. The highest BCUT2D eigenvalue weighted by Crippen LogP contribution is 2.26. The van der Waals surface area contributed by atoms with Crippen LogP contribution in [0.4, 0.5) is 0 Å². The molecule has 0 bridgehead atoms. The third kappa shape index (κ3) is 3.62. The average molecular weight is 251 g/mol. The molecule has 1 aliphatic heterocycles. The Morgan fingerprint density at radius 3 is 3.11 bits per heavy atom. The van der Waals surface area contributed by atoms with E-state index in [4.69, 9.17) is 9.47 Å². The number of nitrogens with one attached hydrogen (secondary N) is 1. The Labute approximate surface area is 108 Å². The van der Waals surface area contributed by atoms with Gasteiger partial charge in [0.2, 0.25) is 0 Å². The molecule has 1 aromatic rings. The number of rotatable bonds is 6. The van der Waals surface area contributed by atoms with Crippen molar-refractivity contribution in [1.29, 1.82) is 0 Å². The minimum absolute atomic E-state index is 0.199. The lowest BCUT2D eigenvalue weighted by Gasteiger charge is -2.11. The van der Waals surface area contributed by atoms with E-state index in [1.165, 1.54) is 0 Å². The van der Waals surface area contributed by atoms with Gasteiger partial charge in [0.25, 0.3) is 0 Å². The fraction of sp³-hybridized carbons (Fsp3) is 0.571. The molecule has 1 aromatic carbocycles. The van der Waals surface area contributed by atoms with E-state index < -0.39 is 0 Å². The summed E-state index contributed by atoms with van der Waals surface area (Å²) in [7, 11) is 0. The van der Waals surface area contributed by atoms with Gasteiger partial charge in [0.05, 0.1) is 13.2 Å². The summed E-state index contributed by atoms with van der Waals surface area (Å²) >= 11 is 0. The number of aromatic hydroxyl groups is 1. The van der Waals surface area contributed by atoms with Crippen LogP contribution in [0.25, 0.3) is 0 Å². The Morgan fingerprint density at radius 2 is 2.39 bits per heavy atom. The van der Waals surface area contributed by atoms with Gasteiger partial charge in [-0.3, -0.25) is 0 Å². The van der Waals surface area contributed by atoms with Gasteiger partial charge in [-0.2, -0.15) is 0 Å². The van der Waals surface area contributed by atoms with Crippen LogP contribution in [-0.4, -0.2) is 31.5 Å². The zero-order chi connectivity index (χ0) is 12.8. The Balaban J connectivity index is 1.82. The van der Waals surface area contributed by atoms with E-state index in [1.807, 2.05) is 19.1 Å². The van der Waals surface area contributed by atoms with Crippen molar-refractivity contribution in [2.45, 2.75) is 19.9 Å². The summed E-state index contributed by atoms with van der Waals surface area (Å²) in [6.45, 7) is 5.99. The highest BCUT2D eigenvalue weighted by atomic mass is 16.5. The van der Waals surface area contributed by atoms with E-state index in [-0.39, 0.29) is 5.75 Å². The van der Waals surface area contributed by atoms with Gasteiger partial charge in [-0.05, 0) is 37.0 Å². The van der Waals surface area contributed by atoms with Gasteiger partial charge < -0.3 is 19.9 Å². The first-order chi connectivity index (χ1) is 8.79. The Morgan fingerprint density at radius 1 is 1.50 bits per heavy atom. The molecule has 18 heavy (non-hydrogen) atoms. The first-order valence-corrected chi connectivity index (χ1v) is 6.52. The van der Waals surface area contributed by atoms with Gasteiger partial charge in [-0.25, -0.2) is 0 Å². The van der Waals surface area contributed by atoms with Crippen molar-refractivity contribution in [3.8, 4) is 11.5 Å². The topological polar surface area (TPSA) is 50.7 Å². The Bertz CT molecular complexity index is 375. The van der Waals surface area contributed by atoms with Crippen LogP contribution in [0.5, 0.6) is 11.5 Å². The van der Waals surface area contributed by atoms with Crippen LogP contribution in [-0.2, 0) is 11.3 Å². The van der Waals surface area contributed by atoms with Crippen molar-refractivity contribution >= 4 is 0 Å². The first-order valence-electron chi connectivity index (χ1n) is 6.52. The maximum absolute atomic E-state index is 9.60. The number of hydrogen-bond donors (Lipinski definition) is 2. The van der Waals surface area contributed by atoms with Crippen molar-refractivity contribution < 1.29 is 14.6 Å². The van der Waals surface area contributed by atoms with Gasteiger partial charge in [0.15, 0.2) is 11.5 Å². The molecule has 1 atom stereocenters. The molecule has 0 amide bonds. The monoisotopic (exact) mass is 251 g/mol. The molecule has 4 nitrogen and oxygen atoms in total. The SMILES string of the molecule is CCOc1cc(CNCC2CCOC2)ccc1O. The van der Waals surface area contributed by atoms with Crippen molar-refractivity contribution in [2.75, 3.05) is 26.4 Å². The number of hydrogen-bond acceptors (Lipinski definition) is 4. The fourth-order valence-electron chi connectivity index (χ4n) is 2.10. The molecule has 0 aliphatic carbocycles. The van der Waals surface area contributed by atoms with E-state index in [1.54, 1.807) is 6.07 Å². The van der Waals surface area contributed by atoms with Gasteiger partial charge in [-0.15, -0.1) is 0 Å². The molecule has 0 aromatic heterocycles. The molecule has 2 rings (SSSR count). The summed E-state index contributed by atoms with van der Waals surface area (Å²) in [6.07, 6.45) is 1.15. The predicted octanol–water partition coefficient (Wildman–Crippen LogP) is 1.92. The van der Waals surface area contributed by atoms with E-state index in [2.05, 4.69) is 5.32 Å². The van der Waals surface area contributed by atoms with Crippen LogP contribution in [0.2, 0.25) is 0 Å². The molecule has 1 aliphatic rings. The van der Waals surface area contributed by atoms with Crippen LogP contribution in [0.1, 0.15) is 18.9 Å². The highest BCUT2D eigenvalue weighted by Gasteiger charge is 2.14. The minimum Gasteiger partial charge on any atom is -0.504 e. The van der Waals surface area contributed by atoms with Gasteiger partial charge >= 0.3 is 0 Å². The van der Waals surface area contributed by atoms with E-state index >= 15 is 0 Å². The molecule has 0 saturated carbocycles. The maximum atomic E-state index is 9.60. The zero-order valence-electron chi connectivity index (χ0n) is 10.8. The van der Waals surface area contributed by atoms with Gasteiger partial charge in [0, 0.05) is 19.7 Å². The average Bonchev–Trinajstić information content (AvgIpc) is 2.87. The molecule has 1 fully saturated rings. The molecule has 1 heterocycles. The lowest BCUT2D eigenvalue weighted by molar-refractivity contribution is 0.185. The van der Waals surface area contributed by atoms with Crippen LogP contribution in [0.3, 0.4) is 0 Å². The second kappa shape index (κ2) is 6.61. The Hall–Kier alpha value is -1.26. The van der Waals surface area contributed by atoms with E-state index in [0.717, 1.165) is 38.3 Å². The molecule has 0 spiro atoms. The standard InChI is InChI=1S/C14H21NO3/c1-2-18-14-7-11(3-4-13(14)16)8-15-9-12-5-6-17-10-12/h3-4,7,12,15-16H,2,5-6,8-10H2,1H3. The van der Waals surface area contributed by atoms with Crippen molar-refractivity contribution in [1.82, 2.24) is 5.32 Å². The van der Waals surface area contributed by atoms with E-state index in [0.29, 0.717) is 18.3 Å². The second-order valence-corrected chi connectivity index (χ2v) is 4.60. The molecule has 0 radical (unpaired) electrons. The molecule has 1 saturated heterocycles. The zero-order valence-corrected chi connectivity index (χ0v) is 10.8. The summed E-state index contributed by atoms with van der Waals surface area (Å²) in [4.78, 5) is 0. The fourth-order valence-corrected chi connectivity index (χ4v) is 2.10. The molecular weight excluding hydrogens is 230 g/mol.